The van der Waals surface area contributed by atoms with Gasteiger partial charge in [0.15, 0.2) is 0 Å². The summed E-state index contributed by atoms with van der Waals surface area (Å²) in [7, 11) is 0. The Labute approximate surface area is 291 Å². The van der Waals surface area contributed by atoms with Crippen molar-refractivity contribution in [2.75, 3.05) is 0 Å². The van der Waals surface area contributed by atoms with Crippen LogP contribution in [0.25, 0.3) is 98.4 Å². The van der Waals surface area contributed by atoms with Gasteiger partial charge in [-0.2, -0.15) is 0 Å². The molecule has 0 heteroatoms. The van der Waals surface area contributed by atoms with Crippen LogP contribution < -0.4 is 0 Å². The highest BCUT2D eigenvalue weighted by Crippen LogP contribution is 2.39. The normalized spacial score (nSPS) is 11.6. The Hall–Kier alpha value is -6.50. The molecule has 0 nitrogen and oxygen atoms in total. The number of hydrogen-bond acceptors (Lipinski definition) is 0. The zero-order valence-corrected chi connectivity index (χ0v) is 27.5. The average Bonchev–Trinajstić information content (AvgIpc) is 3.19. The molecule has 0 aromatic heterocycles. The molecule has 0 unspecified atom stereocenters. The average molecular weight is 633 g/mol. The molecule has 50 heavy (non-hydrogen) atoms. The van der Waals surface area contributed by atoms with Crippen LogP contribution in [0.4, 0.5) is 0 Å². The van der Waals surface area contributed by atoms with Crippen LogP contribution in [0.15, 0.2) is 194 Å². The van der Waals surface area contributed by atoms with E-state index in [4.69, 9.17) is 0 Å². The Bertz CT molecular complexity index is 2910. The molecule has 0 spiro atoms. The SMILES string of the molecule is c1ccc(-c2cc3ccccc3cc2-c2ccc3c(ccc4cc(-c5ccc6cc(-c7cccc8ccccc78)ccc6c5)ccc43)c2)cc1. The molecule has 0 N–H and O–H groups in total. The molecular weight excluding hydrogens is 601 g/mol. The van der Waals surface area contributed by atoms with Crippen LogP contribution in [0.1, 0.15) is 0 Å². The van der Waals surface area contributed by atoms with E-state index in [0.717, 1.165) is 0 Å². The zero-order chi connectivity index (χ0) is 33.0. The van der Waals surface area contributed by atoms with Gasteiger partial charge in [0.1, 0.15) is 0 Å². The summed E-state index contributed by atoms with van der Waals surface area (Å²) in [4.78, 5) is 0. The van der Waals surface area contributed by atoms with E-state index in [1.54, 1.807) is 0 Å². The lowest BCUT2D eigenvalue weighted by atomic mass is 9.89. The number of benzene rings is 10. The maximum atomic E-state index is 2.36. The Morgan fingerprint density at radius 2 is 0.620 bits per heavy atom. The molecule has 0 aliphatic carbocycles. The highest BCUT2D eigenvalue weighted by molar-refractivity contribution is 6.10. The van der Waals surface area contributed by atoms with E-state index in [-0.39, 0.29) is 0 Å². The van der Waals surface area contributed by atoms with E-state index in [1.165, 1.54) is 98.4 Å². The quantitative estimate of drug-likeness (QED) is 0.169. The summed E-state index contributed by atoms with van der Waals surface area (Å²) < 4.78 is 0. The van der Waals surface area contributed by atoms with E-state index in [2.05, 4.69) is 194 Å². The lowest BCUT2D eigenvalue weighted by Gasteiger charge is -2.14. The first-order valence-corrected chi connectivity index (χ1v) is 17.3. The van der Waals surface area contributed by atoms with E-state index < -0.39 is 0 Å². The molecule has 0 radical (unpaired) electrons. The van der Waals surface area contributed by atoms with Gasteiger partial charge in [-0.15, -0.1) is 0 Å². The van der Waals surface area contributed by atoms with Crippen molar-refractivity contribution in [3.8, 4) is 44.5 Å². The summed E-state index contributed by atoms with van der Waals surface area (Å²) >= 11 is 0. The van der Waals surface area contributed by atoms with Crippen LogP contribution in [0.5, 0.6) is 0 Å². The summed E-state index contributed by atoms with van der Waals surface area (Å²) in [5.74, 6) is 0. The van der Waals surface area contributed by atoms with E-state index in [0.29, 0.717) is 0 Å². The minimum Gasteiger partial charge on any atom is -0.0622 e. The van der Waals surface area contributed by atoms with Gasteiger partial charge in [-0.3, -0.25) is 0 Å². The topological polar surface area (TPSA) is 0 Å². The predicted molar refractivity (Wildman–Crippen MR) is 216 cm³/mol. The summed E-state index contributed by atoms with van der Waals surface area (Å²) in [6.07, 6.45) is 0. The van der Waals surface area contributed by atoms with Crippen molar-refractivity contribution < 1.29 is 0 Å². The Morgan fingerprint density at radius 1 is 0.180 bits per heavy atom. The van der Waals surface area contributed by atoms with Gasteiger partial charge in [-0.25, -0.2) is 0 Å². The molecule has 10 aromatic rings. The molecule has 0 bridgehead atoms. The lowest BCUT2D eigenvalue weighted by molar-refractivity contribution is 1.62. The molecule has 0 atom stereocenters. The molecule has 232 valence electrons. The maximum absolute atomic E-state index is 2.36. The van der Waals surface area contributed by atoms with Crippen molar-refractivity contribution in [1.82, 2.24) is 0 Å². The van der Waals surface area contributed by atoms with Gasteiger partial charge < -0.3 is 0 Å². The van der Waals surface area contributed by atoms with Gasteiger partial charge in [-0.1, -0.05) is 158 Å². The molecule has 0 saturated heterocycles. The highest BCUT2D eigenvalue weighted by Gasteiger charge is 2.12. The third-order valence-corrected chi connectivity index (χ3v) is 10.4. The van der Waals surface area contributed by atoms with Crippen LogP contribution in [0, 0.1) is 0 Å². The summed E-state index contributed by atoms with van der Waals surface area (Å²) in [6.45, 7) is 0. The van der Waals surface area contributed by atoms with Gasteiger partial charge >= 0.3 is 0 Å². The minimum absolute atomic E-state index is 1.23. The molecule has 0 saturated carbocycles. The van der Waals surface area contributed by atoms with Crippen LogP contribution in [0.2, 0.25) is 0 Å². The molecule has 10 aromatic carbocycles. The van der Waals surface area contributed by atoms with Gasteiger partial charge in [-0.05, 0) is 135 Å². The Kier molecular flexibility index (Phi) is 6.60. The molecule has 0 heterocycles. The molecular formula is C50H32. The smallest absolute Gasteiger partial charge is 0.00988 e. The lowest BCUT2D eigenvalue weighted by Crippen LogP contribution is -1.88. The fourth-order valence-corrected chi connectivity index (χ4v) is 7.82. The van der Waals surface area contributed by atoms with E-state index in [9.17, 15) is 0 Å². The standard InChI is InChI=1S/C50H32/c1-2-9-34(10-3-1)49-31-35-12-4-5-13-36(35)32-50(49)44-24-26-48-43(30-44)22-21-42-29-40(23-25-47(42)48)37-17-18-39-28-41(20-19-38(39)27-37)46-16-8-14-33-11-6-7-15-45(33)46/h1-32H. The first kappa shape index (κ1) is 28.5. The van der Waals surface area contributed by atoms with Gasteiger partial charge in [0, 0.05) is 0 Å². The maximum Gasteiger partial charge on any atom is -0.00988 e. The van der Waals surface area contributed by atoms with Crippen molar-refractivity contribution in [3.05, 3.63) is 194 Å². The first-order valence-electron chi connectivity index (χ1n) is 17.3. The van der Waals surface area contributed by atoms with E-state index in [1.807, 2.05) is 0 Å². The van der Waals surface area contributed by atoms with E-state index >= 15 is 0 Å². The minimum atomic E-state index is 1.23. The molecule has 10 rings (SSSR count). The van der Waals surface area contributed by atoms with Crippen molar-refractivity contribution in [1.29, 1.82) is 0 Å². The van der Waals surface area contributed by atoms with Crippen LogP contribution in [0.3, 0.4) is 0 Å². The summed E-state index contributed by atoms with van der Waals surface area (Å²) in [5.41, 5.74) is 9.98. The Morgan fingerprint density at radius 3 is 1.34 bits per heavy atom. The van der Waals surface area contributed by atoms with Gasteiger partial charge in [0.2, 0.25) is 0 Å². The third-order valence-electron chi connectivity index (χ3n) is 10.4. The fourth-order valence-electron chi connectivity index (χ4n) is 7.82. The largest absolute Gasteiger partial charge is 0.0622 e. The molecule has 0 amide bonds. The van der Waals surface area contributed by atoms with Crippen molar-refractivity contribution in [2.24, 2.45) is 0 Å². The summed E-state index contributed by atoms with van der Waals surface area (Å²) in [5, 5.41) is 12.6. The fraction of sp³-hybridized carbons (Fsp3) is 0. The van der Waals surface area contributed by atoms with Crippen molar-refractivity contribution >= 4 is 53.9 Å². The van der Waals surface area contributed by atoms with Crippen LogP contribution >= 0.6 is 0 Å². The third kappa shape index (κ3) is 4.85. The van der Waals surface area contributed by atoms with Crippen LogP contribution in [-0.2, 0) is 0 Å². The van der Waals surface area contributed by atoms with Crippen molar-refractivity contribution in [3.63, 3.8) is 0 Å². The highest BCUT2D eigenvalue weighted by atomic mass is 14.2. The molecule has 0 aliphatic heterocycles. The summed E-state index contributed by atoms with van der Waals surface area (Å²) in [6, 6.07) is 71.4. The predicted octanol–water partition coefficient (Wildman–Crippen LogP) is 14.1. The first-order chi connectivity index (χ1) is 24.7. The molecule has 0 fully saturated rings. The number of rotatable bonds is 4. The second kappa shape index (κ2) is 11.6. The number of hydrogen-bond donors (Lipinski definition) is 0. The monoisotopic (exact) mass is 632 g/mol. The second-order valence-corrected chi connectivity index (χ2v) is 13.4. The second-order valence-electron chi connectivity index (χ2n) is 13.4. The van der Waals surface area contributed by atoms with Gasteiger partial charge in [0.05, 0.1) is 0 Å². The Balaban J connectivity index is 1.02. The van der Waals surface area contributed by atoms with Gasteiger partial charge in [0.25, 0.3) is 0 Å². The van der Waals surface area contributed by atoms with Crippen molar-refractivity contribution in [2.45, 2.75) is 0 Å². The van der Waals surface area contributed by atoms with Crippen LogP contribution in [-0.4, -0.2) is 0 Å². The molecule has 0 aliphatic rings. The zero-order valence-electron chi connectivity index (χ0n) is 27.5. The number of fused-ring (bicyclic) bond motifs is 6.